The molecule has 0 radical (unpaired) electrons. The largest absolute Gasteiger partial charge is 0.496 e. The summed E-state index contributed by atoms with van der Waals surface area (Å²) in [5.41, 5.74) is 2.35. The van der Waals surface area contributed by atoms with E-state index in [0.717, 1.165) is 10.0 Å². The second-order valence-corrected chi connectivity index (χ2v) is 7.31. The van der Waals surface area contributed by atoms with E-state index in [1.807, 2.05) is 18.2 Å². The van der Waals surface area contributed by atoms with Crippen LogP contribution in [0.2, 0.25) is 0 Å². The van der Waals surface area contributed by atoms with Gasteiger partial charge in [0, 0.05) is 47.3 Å². The molecule has 148 valence electrons. The molecule has 2 aromatic carbocycles. The van der Waals surface area contributed by atoms with Gasteiger partial charge < -0.3 is 15.0 Å². The Hall–Kier alpha value is -3.19. The third-order valence-electron chi connectivity index (χ3n) is 4.29. The number of amides is 2. The van der Waals surface area contributed by atoms with Crippen LogP contribution in [-0.2, 0) is 6.54 Å². The van der Waals surface area contributed by atoms with E-state index >= 15 is 0 Å². The Morgan fingerprint density at radius 1 is 1.10 bits per heavy atom. The maximum absolute atomic E-state index is 12.9. The Labute approximate surface area is 177 Å². The fraction of sp³-hybridized carbons (Fsp3) is 0.136. The number of ether oxygens (including phenoxy) is 1. The van der Waals surface area contributed by atoms with Crippen molar-refractivity contribution >= 4 is 33.4 Å². The van der Waals surface area contributed by atoms with Gasteiger partial charge in [-0.15, -0.1) is 0 Å². The molecule has 0 spiro atoms. The molecule has 0 saturated carbocycles. The first-order chi connectivity index (χ1) is 14.0. The first kappa shape index (κ1) is 20.5. The number of rotatable bonds is 6. The van der Waals surface area contributed by atoms with Crippen LogP contribution in [0, 0.1) is 0 Å². The van der Waals surface area contributed by atoms with E-state index in [9.17, 15) is 9.59 Å². The highest BCUT2D eigenvalue weighted by atomic mass is 79.9. The number of aromatic nitrogens is 1. The van der Waals surface area contributed by atoms with Crippen LogP contribution >= 0.6 is 15.9 Å². The van der Waals surface area contributed by atoms with Crippen molar-refractivity contribution < 1.29 is 14.3 Å². The van der Waals surface area contributed by atoms with E-state index in [0.29, 0.717) is 29.1 Å². The molecular formula is C22H20BrN3O3. The summed E-state index contributed by atoms with van der Waals surface area (Å²) in [5.74, 6) is 0.268. The number of pyridine rings is 1. The van der Waals surface area contributed by atoms with Gasteiger partial charge in [0.15, 0.2) is 0 Å². The second kappa shape index (κ2) is 9.34. The molecule has 29 heavy (non-hydrogen) atoms. The van der Waals surface area contributed by atoms with Gasteiger partial charge in [-0.05, 0) is 48.5 Å². The number of benzene rings is 2. The summed E-state index contributed by atoms with van der Waals surface area (Å²) in [4.78, 5) is 30.7. The summed E-state index contributed by atoms with van der Waals surface area (Å²) >= 11 is 3.45. The minimum absolute atomic E-state index is 0.162. The number of anilines is 1. The third kappa shape index (κ3) is 5.20. The summed E-state index contributed by atoms with van der Waals surface area (Å²) in [6, 6.07) is 15.9. The van der Waals surface area contributed by atoms with Crippen molar-refractivity contribution in [2.24, 2.45) is 0 Å². The maximum atomic E-state index is 12.9. The fourth-order valence-electron chi connectivity index (χ4n) is 2.85. The van der Waals surface area contributed by atoms with Gasteiger partial charge >= 0.3 is 0 Å². The zero-order valence-corrected chi connectivity index (χ0v) is 17.6. The molecule has 0 unspecified atom stereocenters. The van der Waals surface area contributed by atoms with Crippen LogP contribution in [0.1, 0.15) is 26.3 Å². The van der Waals surface area contributed by atoms with E-state index in [1.165, 1.54) is 6.20 Å². The molecule has 1 N–H and O–H groups in total. The fourth-order valence-corrected chi connectivity index (χ4v) is 3.26. The predicted molar refractivity (Wildman–Crippen MR) is 115 cm³/mol. The van der Waals surface area contributed by atoms with Crippen molar-refractivity contribution in [1.29, 1.82) is 0 Å². The van der Waals surface area contributed by atoms with Gasteiger partial charge in [-0.3, -0.25) is 14.6 Å². The normalized spacial score (nSPS) is 10.3. The molecule has 3 rings (SSSR count). The number of nitrogens with zero attached hydrogens (tertiary/aromatic N) is 2. The van der Waals surface area contributed by atoms with E-state index in [2.05, 4.69) is 26.2 Å². The molecule has 1 heterocycles. The van der Waals surface area contributed by atoms with E-state index < -0.39 is 0 Å². The van der Waals surface area contributed by atoms with Crippen LogP contribution in [-0.4, -0.2) is 35.9 Å². The monoisotopic (exact) mass is 453 g/mol. The zero-order valence-electron chi connectivity index (χ0n) is 16.1. The molecular weight excluding hydrogens is 434 g/mol. The Bertz CT molecular complexity index is 1020. The lowest BCUT2D eigenvalue weighted by Crippen LogP contribution is -2.26. The topological polar surface area (TPSA) is 71.5 Å². The number of halogens is 1. The molecule has 0 aliphatic heterocycles. The second-order valence-electron chi connectivity index (χ2n) is 6.39. The van der Waals surface area contributed by atoms with Gasteiger partial charge in [0.25, 0.3) is 11.8 Å². The van der Waals surface area contributed by atoms with Gasteiger partial charge in [-0.25, -0.2) is 0 Å². The number of methoxy groups -OCH3 is 1. The Balaban J connectivity index is 1.73. The van der Waals surface area contributed by atoms with E-state index in [1.54, 1.807) is 61.7 Å². The summed E-state index contributed by atoms with van der Waals surface area (Å²) in [6.07, 6.45) is 3.09. The third-order valence-corrected chi connectivity index (χ3v) is 4.78. The van der Waals surface area contributed by atoms with Crippen molar-refractivity contribution in [2.45, 2.75) is 6.54 Å². The van der Waals surface area contributed by atoms with Crippen molar-refractivity contribution in [3.63, 3.8) is 0 Å². The molecule has 6 nitrogen and oxygen atoms in total. The smallest absolute Gasteiger partial charge is 0.257 e. The van der Waals surface area contributed by atoms with Crippen molar-refractivity contribution in [3.05, 3.63) is 88.2 Å². The summed E-state index contributed by atoms with van der Waals surface area (Å²) in [5, 5.41) is 2.79. The minimum atomic E-state index is -0.282. The predicted octanol–water partition coefficient (Wildman–Crippen LogP) is 4.38. The van der Waals surface area contributed by atoms with Crippen LogP contribution in [0.5, 0.6) is 5.75 Å². The van der Waals surface area contributed by atoms with Crippen LogP contribution in [0.3, 0.4) is 0 Å². The van der Waals surface area contributed by atoms with Crippen molar-refractivity contribution in [1.82, 2.24) is 9.88 Å². The molecule has 0 fully saturated rings. The van der Waals surface area contributed by atoms with Gasteiger partial charge in [0.05, 0.1) is 12.7 Å². The zero-order chi connectivity index (χ0) is 20.8. The average molecular weight is 454 g/mol. The summed E-state index contributed by atoms with van der Waals surface area (Å²) in [7, 11) is 3.33. The average Bonchev–Trinajstić information content (AvgIpc) is 2.74. The van der Waals surface area contributed by atoms with E-state index in [-0.39, 0.29) is 11.8 Å². The molecule has 0 bridgehead atoms. The molecule has 2 amide bonds. The SMILES string of the molecule is COc1ccc(Br)cc1CN(C)C(=O)c1cccc(NC(=O)c2cccnc2)c1. The quantitative estimate of drug-likeness (QED) is 0.600. The maximum Gasteiger partial charge on any atom is 0.257 e. The lowest BCUT2D eigenvalue weighted by molar-refractivity contribution is 0.0784. The highest BCUT2D eigenvalue weighted by Gasteiger charge is 2.15. The Morgan fingerprint density at radius 2 is 1.90 bits per heavy atom. The molecule has 0 aliphatic carbocycles. The number of carbonyl (C=O) groups is 2. The van der Waals surface area contributed by atoms with Crippen LogP contribution in [0.25, 0.3) is 0 Å². The number of hydrogen-bond acceptors (Lipinski definition) is 4. The highest BCUT2D eigenvalue weighted by Crippen LogP contribution is 2.24. The molecule has 0 atom stereocenters. The van der Waals surface area contributed by atoms with Crippen LogP contribution in [0.4, 0.5) is 5.69 Å². The lowest BCUT2D eigenvalue weighted by atomic mass is 10.1. The Kier molecular flexibility index (Phi) is 6.61. The van der Waals surface area contributed by atoms with Gasteiger partial charge in [0.2, 0.25) is 0 Å². The highest BCUT2D eigenvalue weighted by molar-refractivity contribution is 9.10. The molecule has 0 saturated heterocycles. The standard InChI is InChI=1S/C22H20BrN3O3/c1-26(14-17-11-18(23)8-9-20(17)29-2)22(28)15-5-3-7-19(12-15)25-21(27)16-6-4-10-24-13-16/h3-13H,14H2,1-2H3,(H,25,27). The first-order valence-corrected chi connectivity index (χ1v) is 9.66. The molecule has 3 aromatic rings. The molecule has 0 aliphatic rings. The van der Waals surface area contributed by atoms with Gasteiger partial charge in [-0.2, -0.15) is 0 Å². The lowest BCUT2D eigenvalue weighted by Gasteiger charge is -2.19. The molecule has 1 aromatic heterocycles. The van der Waals surface area contributed by atoms with Crippen LogP contribution < -0.4 is 10.1 Å². The van der Waals surface area contributed by atoms with Crippen molar-refractivity contribution in [2.75, 3.05) is 19.5 Å². The number of hydrogen-bond donors (Lipinski definition) is 1. The number of nitrogens with one attached hydrogen (secondary N) is 1. The molecule has 7 heteroatoms. The Morgan fingerprint density at radius 3 is 2.62 bits per heavy atom. The first-order valence-electron chi connectivity index (χ1n) is 8.87. The summed E-state index contributed by atoms with van der Waals surface area (Å²) < 4.78 is 6.29. The van der Waals surface area contributed by atoms with Crippen LogP contribution in [0.15, 0.2) is 71.5 Å². The minimum Gasteiger partial charge on any atom is -0.496 e. The van der Waals surface area contributed by atoms with Gasteiger partial charge in [0.1, 0.15) is 5.75 Å². The van der Waals surface area contributed by atoms with Crippen molar-refractivity contribution in [3.8, 4) is 5.75 Å². The van der Waals surface area contributed by atoms with E-state index in [4.69, 9.17) is 4.74 Å². The summed E-state index contributed by atoms with van der Waals surface area (Å²) in [6.45, 7) is 0.383. The number of carbonyl (C=O) groups excluding carboxylic acids is 2. The van der Waals surface area contributed by atoms with Gasteiger partial charge in [-0.1, -0.05) is 22.0 Å².